The summed E-state index contributed by atoms with van der Waals surface area (Å²) in [6, 6.07) is 3.98. The molecule has 2 fully saturated rings. The van der Waals surface area contributed by atoms with Gasteiger partial charge < -0.3 is 14.8 Å². The minimum atomic E-state index is 0.489. The first-order valence-corrected chi connectivity index (χ1v) is 7.88. The fourth-order valence-electron chi connectivity index (χ4n) is 3.60. The number of hydrogen-bond acceptors (Lipinski definition) is 4. The van der Waals surface area contributed by atoms with Gasteiger partial charge in [-0.05, 0) is 43.0 Å². The Bertz CT molecular complexity index is 515. The Morgan fingerprint density at radius 1 is 1.29 bits per heavy atom. The maximum atomic E-state index is 6.48. The van der Waals surface area contributed by atoms with E-state index in [-0.39, 0.29) is 0 Å². The van der Waals surface area contributed by atoms with E-state index in [4.69, 9.17) is 21.1 Å². The van der Waals surface area contributed by atoms with E-state index in [0.29, 0.717) is 21.9 Å². The Hall–Kier alpha value is -0.970. The second kappa shape index (κ2) is 6.03. The molecule has 2 aliphatic rings. The van der Waals surface area contributed by atoms with Crippen LogP contribution in [-0.2, 0) is 6.54 Å². The summed E-state index contributed by atoms with van der Waals surface area (Å²) in [6.45, 7) is 5.49. The molecule has 1 unspecified atom stereocenters. The summed E-state index contributed by atoms with van der Waals surface area (Å²) in [5, 5.41) is 4.16. The molecule has 4 nitrogen and oxygen atoms in total. The van der Waals surface area contributed by atoms with Crippen molar-refractivity contribution in [3.63, 3.8) is 0 Å². The van der Waals surface area contributed by atoms with Gasteiger partial charge in [-0.1, -0.05) is 17.7 Å². The van der Waals surface area contributed by atoms with Crippen LogP contribution in [0.3, 0.4) is 0 Å². The minimum Gasteiger partial charge on any atom is -0.493 e. The van der Waals surface area contributed by atoms with Gasteiger partial charge in [-0.2, -0.15) is 0 Å². The van der Waals surface area contributed by atoms with Gasteiger partial charge in [0.2, 0.25) is 0 Å². The summed E-state index contributed by atoms with van der Waals surface area (Å²) in [4.78, 5) is 2.50. The Morgan fingerprint density at radius 3 is 2.81 bits per heavy atom. The van der Waals surface area contributed by atoms with Gasteiger partial charge in [0.1, 0.15) is 0 Å². The van der Waals surface area contributed by atoms with Gasteiger partial charge in [-0.3, -0.25) is 4.90 Å². The van der Waals surface area contributed by atoms with Crippen molar-refractivity contribution in [2.24, 2.45) is 5.41 Å². The van der Waals surface area contributed by atoms with E-state index in [9.17, 15) is 0 Å². The molecule has 0 bridgehead atoms. The van der Waals surface area contributed by atoms with Gasteiger partial charge in [-0.15, -0.1) is 0 Å². The standard InChI is InChI=1S/C16H23ClN2O2/c1-20-13-4-3-12(14(17)15(13)21-2)9-19-8-6-16(11-19)5-7-18-10-16/h3-4,18H,5-11H2,1-2H3. The third kappa shape index (κ3) is 2.85. The molecule has 1 N–H and O–H groups in total. The molecule has 116 valence electrons. The summed E-state index contributed by atoms with van der Waals surface area (Å²) < 4.78 is 10.7. The molecule has 1 spiro atoms. The molecule has 1 aromatic rings. The van der Waals surface area contributed by atoms with Crippen LogP contribution in [-0.4, -0.2) is 45.3 Å². The van der Waals surface area contributed by atoms with Gasteiger partial charge in [0.05, 0.1) is 19.2 Å². The molecule has 1 aromatic carbocycles. The van der Waals surface area contributed by atoms with Crippen molar-refractivity contribution >= 4 is 11.6 Å². The fourth-order valence-corrected chi connectivity index (χ4v) is 3.89. The SMILES string of the molecule is COc1ccc(CN2CCC3(CCNC3)C2)c(Cl)c1OC. The Labute approximate surface area is 131 Å². The van der Waals surface area contributed by atoms with Crippen LogP contribution < -0.4 is 14.8 Å². The first-order valence-electron chi connectivity index (χ1n) is 7.50. The fraction of sp³-hybridized carbons (Fsp3) is 0.625. The quantitative estimate of drug-likeness (QED) is 0.926. The van der Waals surface area contributed by atoms with Gasteiger partial charge >= 0.3 is 0 Å². The third-order valence-corrected chi connectivity index (χ3v) is 5.22. The number of nitrogens with one attached hydrogen (secondary N) is 1. The van der Waals surface area contributed by atoms with E-state index in [1.807, 2.05) is 12.1 Å². The number of halogens is 1. The zero-order valence-electron chi connectivity index (χ0n) is 12.7. The van der Waals surface area contributed by atoms with Crippen molar-refractivity contribution < 1.29 is 9.47 Å². The van der Waals surface area contributed by atoms with Crippen molar-refractivity contribution in [3.8, 4) is 11.5 Å². The monoisotopic (exact) mass is 310 g/mol. The minimum absolute atomic E-state index is 0.489. The van der Waals surface area contributed by atoms with Gasteiger partial charge in [0.25, 0.3) is 0 Å². The number of methoxy groups -OCH3 is 2. The van der Waals surface area contributed by atoms with E-state index in [2.05, 4.69) is 10.2 Å². The molecule has 21 heavy (non-hydrogen) atoms. The lowest BCUT2D eigenvalue weighted by molar-refractivity contribution is 0.268. The maximum absolute atomic E-state index is 6.48. The van der Waals surface area contributed by atoms with Crippen molar-refractivity contribution in [3.05, 3.63) is 22.7 Å². The number of likely N-dealkylation sites (tertiary alicyclic amines) is 1. The Balaban J connectivity index is 1.74. The molecule has 0 saturated carbocycles. The predicted molar refractivity (Wildman–Crippen MR) is 84.4 cm³/mol. The number of ether oxygens (including phenoxy) is 2. The second-order valence-electron chi connectivity index (χ2n) is 6.16. The van der Waals surface area contributed by atoms with E-state index in [1.165, 1.54) is 12.8 Å². The predicted octanol–water partition coefficient (Wildman–Crippen LogP) is 2.54. The first kappa shape index (κ1) is 14.9. The van der Waals surface area contributed by atoms with Crippen molar-refractivity contribution in [2.75, 3.05) is 40.4 Å². The van der Waals surface area contributed by atoms with Crippen LogP contribution in [0, 0.1) is 5.41 Å². The third-order valence-electron chi connectivity index (χ3n) is 4.81. The number of hydrogen-bond donors (Lipinski definition) is 1. The van der Waals surface area contributed by atoms with E-state index in [0.717, 1.165) is 38.3 Å². The topological polar surface area (TPSA) is 33.7 Å². The molecule has 2 aliphatic heterocycles. The molecular formula is C16H23ClN2O2. The normalized spacial score (nSPS) is 25.7. The lowest BCUT2D eigenvalue weighted by Crippen LogP contribution is -2.29. The van der Waals surface area contributed by atoms with Gasteiger partial charge in [0, 0.05) is 19.6 Å². The van der Waals surface area contributed by atoms with E-state index < -0.39 is 0 Å². The van der Waals surface area contributed by atoms with Crippen LogP contribution in [0.25, 0.3) is 0 Å². The average molecular weight is 311 g/mol. The highest BCUT2D eigenvalue weighted by atomic mass is 35.5. The number of rotatable bonds is 4. The van der Waals surface area contributed by atoms with Gasteiger partial charge in [-0.25, -0.2) is 0 Å². The average Bonchev–Trinajstić information content (AvgIpc) is 3.11. The van der Waals surface area contributed by atoms with Crippen LogP contribution in [0.15, 0.2) is 12.1 Å². The maximum Gasteiger partial charge on any atom is 0.179 e. The molecule has 2 saturated heterocycles. The highest BCUT2D eigenvalue weighted by Crippen LogP contribution is 2.40. The molecule has 0 amide bonds. The number of benzene rings is 1. The van der Waals surface area contributed by atoms with Crippen LogP contribution >= 0.6 is 11.6 Å². The molecule has 2 heterocycles. The lowest BCUT2D eigenvalue weighted by Gasteiger charge is -2.23. The smallest absolute Gasteiger partial charge is 0.179 e. The van der Waals surface area contributed by atoms with E-state index >= 15 is 0 Å². The van der Waals surface area contributed by atoms with Crippen LogP contribution in [0.1, 0.15) is 18.4 Å². The Morgan fingerprint density at radius 2 is 2.14 bits per heavy atom. The molecule has 0 aromatic heterocycles. The zero-order valence-corrected chi connectivity index (χ0v) is 13.5. The van der Waals surface area contributed by atoms with Crippen LogP contribution in [0.4, 0.5) is 0 Å². The summed E-state index contributed by atoms with van der Waals surface area (Å²) >= 11 is 6.48. The first-order chi connectivity index (χ1) is 10.2. The molecule has 0 aliphatic carbocycles. The van der Waals surface area contributed by atoms with Crippen LogP contribution in [0.5, 0.6) is 11.5 Å². The van der Waals surface area contributed by atoms with Gasteiger partial charge in [0.15, 0.2) is 11.5 Å². The molecular weight excluding hydrogens is 288 g/mol. The number of nitrogens with zero attached hydrogens (tertiary/aromatic N) is 1. The molecule has 3 rings (SSSR count). The van der Waals surface area contributed by atoms with Crippen molar-refractivity contribution in [1.29, 1.82) is 0 Å². The molecule has 0 radical (unpaired) electrons. The molecule has 5 heteroatoms. The van der Waals surface area contributed by atoms with Crippen LogP contribution in [0.2, 0.25) is 5.02 Å². The molecule has 1 atom stereocenters. The van der Waals surface area contributed by atoms with Crippen molar-refractivity contribution in [2.45, 2.75) is 19.4 Å². The highest BCUT2D eigenvalue weighted by Gasteiger charge is 2.40. The Kier molecular flexibility index (Phi) is 4.29. The summed E-state index contributed by atoms with van der Waals surface area (Å²) in [5.41, 5.74) is 1.60. The lowest BCUT2D eigenvalue weighted by atomic mass is 9.86. The summed E-state index contributed by atoms with van der Waals surface area (Å²) in [7, 11) is 3.26. The zero-order chi connectivity index (χ0) is 14.9. The van der Waals surface area contributed by atoms with E-state index in [1.54, 1.807) is 14.2 Å². The highest BCUT2D eigenvalue weighted by molar-refractivity contribution is 6.33. The summed E-state index contributed by atoms with van der Waals surface area (Å²) in [6.07, 6.45) is 2.58. The van der Waals surface area contributed by atoms with Crippen molar-refractivity contribution in [1.82, 2.24) is 10.2 Å². The second-order valence-corrected chi connectivity index (χ2v) is 6.54. The largest absolute Gasteiger partial charge is 0.493 e. The summed E-state index contributed by atoms with van der Waals surface area (Å²) in [5.74, 6) is 1.32.